The highest BCUT2D eigenvalue weighted by molar-refractivity contribution is 6.13. The summed E-state index contributed by atoms with van der Waals surface area (Å²) < 4.78 is 16.0. The van der Waals surface area contributed by atoms with Crippen LogP contribution in [0, 0.1) is 0 Å². The fraction of sp³-hybridized carbons (Fsp3) is 0.120. The minimum absolute atomic E-state index is 0.225. The number of anilines is 1. The smallest absolute Gasteiger partial charge is 0.256 e. The average Bonchev–Trinajstić information content (AvgIpc) is 2.83. The van der Waals surface area contributed by atoms with Crippen molar-refractivity contribution in [1.82, 2.24) is 4.98 Å². The normalized spacial score (nSPS) is 10.5. The third-order valence-electron chi connectivity index (χ3n) is 4.99. The maximum atomic E-state index is 13.2. The highest BCUT2D eigenvalue weighted by Crippen LogP contribution is 2.34. The molecule has 1 N–H and O–H groups in total. The van der Waals surface area contributed by atoms with Crippen molar-refractivity contribution in [1.29, 1.82) is 0 Å². The van der Waals surface area contributed by atoms with Crippen LogP contribution in [-0.2, 0) is 0 Å². The minimum atomic E-state index is -0.225. The number of carbonyl (C=O) groups is 1. The Morgan fingerprint density at radius 2 is 1.52 bits per heavy atom. The number of nitrogens with zero attached hydrogens (tertiary/aromatic N) is 1. The number of hydrogen-bond donors (Lipinski definition) is 1. The zero-order valence-corrected chi connectivity index (χ0v) is 17.5. The van der Waals surface area contributed by atoms with Gasteiger partial charge in [0.05, 0.1) is 38.1 Å². The lowest BCUT2D eigenvalue weighted by Crippen LogP contribution is -2.13. The first-order valence-electron chi connectivity index (χ1n) is 9.70. The van der Waals surface area contributed by atoms with Crippen LogP contribution in [0.1, 0.15) is 10.4 Å². The van der Waals surface area contributed by atoms with E-state index >= 15 is 0 Å². The number of nitrogens with one attached hydrogen (secondary N) is 1. The standard InChI is InChI=1S/C25H22N2O4/c1-29-17-10-8-16(9-11-17)26-25(28)21-15-23(27-22-7-5-4-6-19(21)22)20-13-12-18(30-2)14-24(20)31-3/h4-15H,1-3H3,(H,26,28). The molecule has 0 fully saturated rings. The first kappa shape index (κ1) is 20.2. The molecule has 0 aliphatic rings. The van der Waals surface area contributed by atoms with Gasteiger partial charge < -0.3 is 19.5 Å². The first-order chi connectivity index (χ1) is 15.1. The van der Waals surface area contributed by atoms with Gasteiger partial charge in [-0.05, 0) is 48.5 Å². The summed E-state index contributed by atoms with van der Waals surface area (Å²) in [5.74, 6) is 1.79. The molecule has 0 aliphatic carbocycles. The molecule has 0 spiro atoms. The second kappa shape index (κ2) is 8.75. The molecule has 6 nitrogen and oxygen atoms in total. The SMILES string of the molecule is COc1ccc(NC(=O)c2cc(-c3ccc(OC)cc3OC)nc3ccccc23)cc1. The van der Waals surface area contributed by atoms with E-state index in [9.17, 15) is 4.79 Å². The van der Waals surface area contributed by atoms with E-state index in [1.54, 1.807) is 57.7 Å². The number of pyridine rings is 1. The second-order valence-corrected chi connectivity index (χ2v) is 6.82. The Bertz CT molecular complexity index is 1240. The quantitative estimate of drug-likeness (QED) is 0.471. The van der Waals surface area contributed by atoms with Gasteiger partial charge in [-0.3, -0.25) is 4.79 Å². The number of para-hydroxylation sites is 1. The van der Waals surface area contributed by atoms with Crippen LogP contribution in [-0.4, -0.2) is 32.2 Å². The number of methoxy groups -OCH3 is 3. The van der Waals surface area contributed by atoms with Gasteiger partial charge in [0.25, 0.3) is 5.91 Å². The molecule has 1 aromatic heterocycles. The number of rotatable bonds is 6. The Morgan fingerprint density at radius 1 is 0.806 bits per heavy atom. The van der Waals surface area contributed by atoms with Gasteiger partial charge in [0, 0.05) is 22.7 Å². The summed E-state index contributed by atoms with van der Waals surface area (Å²) in [6, 6.07) is 22.1. The monoisotopic (exact) mass is 414 g/mol. The molecular weight excluding hydrogens is 392 g/mol. The number of carbonyl (C=O) groups excluding carboxylic acids is 1. The predicted octanol–water partition coefficient (Wildman–Crippen LogP) is 5.18. The molecule has 0 saturated carbocycles. The van der Waals surface area contributed by atoms with E-state index in [-0.39, 0.29) is 5.91 Å². The van der Waals surface area contributed by atoms with Crippen molar-refractivity contribution in [3.63, 3.8) is 0 Å². The second-order valence-electron chi connectivity index (χ2n) is 6.82. The highest BCUT2D eigenvalue weighted by atomic mass is 16.5. The predicted molar refractivity (Wildman–Crippen MR) is 121 cm³/mol. The van der Waals surface area contributed by atoms with E-state index in [1.165, 1.54) is 0 Å². The third-order valence-corrected chi connectivity index (χ3v) is 4.99. The van der Waals surface area contributed by atoms with Crippen molar-refractivity contribution in [2.24, 2.45) is 0 Å². The van der Waals surface area contributed by atoms with E-state index in [0.717, 1.165) is 22.2 Å². The number of fused-ring (bicyclic) bond motifs is 1. The summed E-state index contributed by atoms with van der Waals surface area (Å²) >= 11 is 0. The number of hydrogen-bond acceptors (Lipinski definition) is 5. The van der Waals surface area contributed by atoms with E-state index in [1.807, 2.05) is 36.4 Å². The lowest BCUT2D eigenvalue weighted by Gasteiger charge is -2.13. The van der Waals surface area contributed by atoms with Crippen molar-refractivity contribution in [2.45, 2.75) is 0 Å². The maximum absolute atomic E-state index is 13.2. The fourth-order valence-corrected chi connectivity index (χ4v) is 3.38. The maximum Gasteiger partial charge on any atom is 0.256 e. The molecule has 1 heterocycles. The number of benzene rings is 3. The van der Waals surface area contributed by atoms with Gasteiger partial charge in [0.15, 0.2) is 0 Å². The van der Waals surface area contributed by atoms with E-state index in [0.29, 0.717) is 28.4 Å². The summed E-state index contributed by atoms with van der Waals surface area (Å²) in [5.41, 5.74) is 3.33. The Balaban J connectivity index is 1.79. The third kappa shape index (κ3) is 4.14. The lowest BCUT2D eigenvalue weighted by atomic mass is 10.0. The summed E-state index contributed by atoms with van der Waals surface area (Å²) in [5, 5.41) is 3.72. The molecule has 0 saturated heterocycles. The van der Waals surface area contributed by atoms with Crippen molar-refractivity contribution < 1.29 is 19.0 Å². The zero-order chi connectivity index (χ0) is 21.8. The highest BCUT2D eigenvalue weighted by Gasteiger charge is 2.16. The van der Waals surface area contributed by atoms with Crippen molar-refractivity contribution in [3.05, 3.63) is 78.4 Å². The molecule has 0 bridgehead atoms. The molecule has 1 amide bonds. The van der Waals surface area contributed by atoms with Crippen LogP contribution in [0.15, 0.2) is 72.8 Å². The molecular formula is C25H22N2O4. The number of amides is 1. The van der Waals surface area contributed by atoms with Crippen LogP contribution in [0.4, 0.5) is 5.69 Å². The number of aromatic nitrogens is 1. The van der Waals surface area contributed by atoms with Gasteiger partial charge in [0.2, 0.25) is 0 Å². The van der Waals surface area contributed by atoms with E-state index < -0.39 is 0 Å². The topological polar surface area (TPSA) is 69.7 Å². The Kier molecular flexibility index (Phi) is 5.71. The fourth-order valence-electron chi connectivity index (χ4n) is 3.38. The molecule has 0 atom stereocenters. The van der Waals surface area contributed by atoms with Crippen LogP contribution in [0.25, 0.3) is 22.2 Å². The van der Waals surface area contributed by atoms with Gasteiger partial charge in [-0.25, -0.2) is 4.98 Å². The molecule has 0 radical (unpaired) electrons. The molecule has 31 heavy (non-hydrogen) atoms. The molecule has 4 rings (SSSR count). The zero-order valence-electron chi connectivity index (χ0n) is 17.5. The van der Waals surface area contributed by atoms with Crippen molar-refractivity contribution in [3.8, 4) is 28.5 Å². The average molecular weight is 414 g/mol. The number of ether oxygens (including phenoxy) is 3. The molecule has 4 aromatic rings. The largest absolute Gasteiger partial charge is 0.497 e. The summed E-state index contributed by atoms with van der Waals surface area (Å²) in [4.78, 5) is 18.0. The summed E-state index contributed by atoms with van der Waals surface area (Å²) in [7, 11) is 4.80. The lowest BCUT2D eigenvalue weighted by molar-refractivity contribution is 0.102. The van der Waals surface area contributed by atoms with Gasteiger partial charge in [-0.15, -0.1) is 0 Å². The van der Waals surface area contributed by atoms with Gasteiger partial charge >= 0.3 is 0 Å². The van der Waals surface area contributed by atoms with Crippen LogP contribution in [0.3, 0.4) is 0 Å². The van der Waals surface area contributed by atoms with Crippen molar-refractivity contribution >= 4 is 22.5 Å². The summed E-state index contributed by atoms with van der Waals surface area (Å²) in [6.45, 7) is 0. The molecule has 0 aliphatic heterocycles. The van der Waals surface area contributed by atoms with Gasteiger partial charge in [0.1, 0.15) is 17.2 Å². The molecule has 6 heteroatoms. The van der Waals surface area contributed by atoms with Crippen LogP contribution in [0.2, 0.25) is 0 Å². The van der Waals surface area contributed by atoms with Crippen LogP contribution < -0.4 is 19.5 Å². The Hall–Kier alpha value is -4.06. The summed E-state index contributed by atoms with van der Waals surface area (Å²) in [6.07, 6.45) is 0. The van der Waals surface area contributed by atoms with Crippen molar-refractivity contribution in [2.75, 3.05) is 26.6 Å². The van der Waals surface area contributed by atoms with Gasteiger partial charge in [-0.1, -0.05) is 18.2 Å². The van der Waals surface area contributed by atoms with E-state index in [4.69, 9.17) is 19.2 Å². The van der Waals surface area contributed by atoms with Gasteiger partial charge in [-0.2, -0.15) is 0 Å². The molecule has 156 valence electrons. The first-order valence-corrected chi connectivity index (χ1v) is 9.70. The van der Waals surface area contributed by atoms with E-state index in [2.05, 4.69) is 5.32 Å². The van der Waals surface area contributed by atoms with Crippen LogP contribution >= 0.6 is 0 Å². The van der Waals surface area contributed by atoms with Crippen LogP contribution in [0.5, 0.6) is 17.2 Å². The minimum Gasteiger partial charge on any atom is -0.497 e. The molecule has 3 aromatic carbocycles. The molecule has 0 unspecified atom stereocenters. The Morgan fingerprint density at radius 3 is 2.23 bits per heavy atom. The Labute approximate surface area is 180 Å².